The summed E-state index contributed by atoms with van der Waals surface area (Å²) in [6.07, 6.45) is 0.411. The largest absolute Gasteiger partial charge is 0.497 e. The van der Waals surface area contributed by atoms with E-state index in [0.717, 1.165) is 16.9 Å². The highest BCUT2D eigenvalue weighted by molar-refractivity contribution is 7.89. The number of ether oxygens (including phenoxy) is 1. The monoisotopic (exact) mass is 372 g/mol. The summed E-state index contributed by atoms with van der Waals surface area (Å²) in [6.45, 7) is 2.14. The number of nitrogens with one attached hydrogen (secondary N) is 2. The van der Waals surface area contributed by atoms with E-state index in [-0.39, 0.29) is 11.4 Å². The molecule has 0 aliphatic heterocycles. The minimum atomic E-state index is -3.53. The molecule has 1 aromatic heterocycles. The molecule has 0 atom stereocenters. The molecule has 0 radical (unpaired) electrons. The van der Waals surface area contributed by atoms with E-state index < -0.39 is 10.0 Å². The summed E-state index contributed by atoms with van der Waals surface area (Å²) in [7, 11) is -1.92. The van der Waals surface area contributed by atoms with Crippen LogP contribution in [0.2, 0.25) is 0 Å². The van der Waals surface area contributed by atoms with Crippen molar-refractivity contribution in [2.24, 2.45) is 0 Å². The number of aromatic nitrogens is 3. The molecule has 0 saturated carbocycles. The zero-order valence-corrected chi connectivity index (χ0v) is 15.4. The van der Waals surface area contributed by atoms with E-state index in [0.29, 0.717) is 18.1 Å². The molecule has 0 unspecified atom stereocenters. The Hall–Kier alpha value is -2.71. The summed E-state index contributed by atoms with van der Waals surface area (Å²) in [5.41, 5.74) is 1.87. The van der Waals surface area contributed by atoms with Gasteiger partial charge in [0, 0.05) is 18.5 Å². The third kappa shape index (κ3) is 4.27. The van der Waals surface area contributed by atoms with Crippen molar-refractivity contribution in [3.63, 3.8) is 0 Å². The molecule has 0 aliphatic carbocycles. The van der Waals surface area contributed by atoms with Crippen LogP contribution in [-0.2, 0) is 16.4 Å². The Labute approximate surface area is 152 Å². The lowest BCUT2D eigenvalue weighted by molar-refractivity contribution is 0.415. The average molecular weight is 372 g/mol. The van der Waals surface area contributed by atoms with Crippen LogP contribution in [0.4, 0.5) is 0 Å². The topological polar surface area (TPSA) is 97.0 Å². The Morgan fingerprint density at radius 3 is 2.42 bits per heavy atom. The van der Waals surface area contributed by atoms with Crippen LogP contribution in [0, 0.1) is 6.92 Å². The molecule has 3 rings (SSSR count). The van der Waals surface area contributed by atoms with Gasteiger partial charge in [-0.15, -0.1) is 0 Å². The summed E-state index contributed by atoms with van der Waals surface area (Å²) >= 11 is 0. The van der Waals surface area contributed by atoms with Crippen molar-refractivity contribution < 1.29 is 13.2 Å². The number of benzene rings is 2. The lowest BCUT2D eigenvalue weighted by Crippen LogP contribution is -2.26. The van der Waals surface area contributed by atoms with E-state index in [1.165, 1.54) is 0 Å². The van der Waals surface area contributed by atoms with Gasteiger partial charge in [-0.3, -0.25) is 5.10 Å². The highest BCUT2D eigenvalue weighted by Gasteiger charge is 2.13. The molecule has 0 spiro atoms. The van der Waals surface area contributed by atoms with Crippen molar-refractivity contribution in [2.75, 3.05) is 13.7 Å². The molecule has 3 aromatic rings. The predicted molar refractivity (Wildman–Crippen MR) is 98.4 cm³/mol. The van der Waals surface area contributed by atoms with Gasteiger partial charge in [-0.1, -0.05) is 17.7 Å². The molecule has 8 heteroatoms. The third-order valence-electron chi connectivity index (χ3n) is 3.87. The molecule has 136 valence electrons. The van der Waals surface area contributed by atoms with Gasteiger partial charge in [-0.05, 0) is 43.3 Å². The second-order valence-electron chi connectivity index (χ2n) is 5.80. The number of hydrogen-bond acceptors (Lipinski definition) is 5. The fourth-order valence-corrected chi connectivity index (χ4v) is 3.41. The lowest BCUT2D eigenvalue weighted by Gasteiger charge is -2.06. The minimum Gasteiger partial charge on any atom is -0.497 e. The van der Waals surface area contributed by atoms with Crippen LogP contribution in [-0.4, -0.2) is 37.3 Å². The number of nitrogens with zero attached hydrogens (tertiary/aromatic N) is 2. The zero-order valence-electron chi connectivity index (χ0n) is 14.6. The number of rotatable bonds is 7. The molecule has 0 fully saturated rings. The Bertz CT molecular complexity index is 964. The van der Waals surface area contributed by atoms with E-state index in [9.17, 15) is 8.42 Å². The van der Waals surface area contributed by atoms with Gasteiger partial charge >= 0.3 is 0 Å². The van der Waals surface area contributed by atoms with Crippen LogP contribution in [0.5, 0.6) is 5.75 Å². The summed E-state index contributed by atoms with van der Waals surface area (Å²) in [6, 6.07) is 14.1. The first-order valence-electron chi connectivity index (χ1n) is 8.10. The van der Waals surface area contributed by atoms with Crippen molar-refractivity contribution in [1.82, 2.24) is 19.9 Å². The van der Waals surface area contributed by atoms with E-state index >= 15 is 0 Å². The lowest BCUT2D eigenvalue weighted by atomic mass is 10.2. The maximum Gasteiger partial charge on any atom is 0.240 e. The Balaban J connectivity index is 1.60. The predicted octanol–water partition coefficient (Wildman–Crippen LogP) is 2.31. The molecule has 0 saturated heterocycles. The standard InChI is InChI=1S/C18H20N4O3S/c1-13-3-9-16(10-4-13)26(23,24)19-12-11-17-20-18(22-21-17)14-5-7-15(25-2)8-6-14/h3-10,19H,11-12H2,1-2H3,(H,20,21,22). The number of aryl methyl sites for hydroxylation is 1. The van der Waals surface area contributed by atoms with Crippen molar-refractivity contribution in [1.29, 1.82) is 0 Å². The number of hydrogen-bond donors (Lipinski definition) is 2. The van der Waals surface area contributed by atoms with Crippen molar-refractivity contribution in [3.8, 4) is 17.1 Å². The zero-order chi connectivity index (χ0) is 18.6. The fraction of sp³-hybridized carbons (Fsp3) is 0.222. The van der Waals surface area contributed by atoms with Crippen molar-refractivity contribution >= 4 is 10.0 Å². The summed E-state index contributed by atoms with van der Waals surface area (Å²) < 4.78 is 32.2. The first kappa shape index (κ1) is 18.1. The van der Waals surface area contributed by atoms with Crippen LogP contribution < -0.4 is 9.46 Å². The second-order valence-corrected chi connectivity index (χ2v) is 7.56. The van der Waals surface area contributed by atoms with Gasteiger partial charge in [-0.2, -0.15) is 5.10 Å². The minimum absolute atomic E-state index is 0.230. The Morgan fingerprint density at radius 1 is 1.08 bits per heavy atom. The smallest absolute Gasteiger partial charge is 0.240 e. The molecule has 26 heavy (non-hydrogen) atoms. The van der Waals surface area contributed by atoms with Crippen LogP contribution in [0.15, 0.2) is 53.4 Å². The van der Waals surface area contributed by atoms with Crippen LogP contribution in [0.1, 0.15) is 11.4 Å². The average Bonchev–Trinajstić information content (AvgIpc) is 3.11. The summed E-state index contributed by atoms with van der Waals surface area (Å²) in [5.74, 6) is 1.93. The number of sulfonamides is 1. The van der Waals surface area contributed by atoms with E-state index in [1.807, 2.05) is 31.2 Å². The molecule has 2 aromatic carbocycles. The van der Waals surface area contributed by atoms with Crippen LogP contribution >= 0.6 is 0 Å². The highest BCUT2D eigenvalue weighted by atomic mass is 32.2. The van der Waals surface area contributed by atoms with Gasteiger partial charge in [0.2, 0.25) is 10.0 Å². The summed E-state index contributed by atoms with van der Waals surface area (Å²) in [5, 5.41) is 7.01. The maximum atomic E-state index is 12.3. The summed E-state index contributed by atoms with van der Waals surface area (Å²) in [4.78, 5) is 4.65. The van der Waals surface area contributed by atoms with E-state index in [1.54, 1.807) is 31.4 Å². The third-order valence-corrected chi connectivity index (χ3v) is 5.34. The van der Waals surface area contributed by atoms with Crippen molar-refractivity contribution in [3.05, 3.63) is 59.9 Å². The molecule has 0 amide bonds. The first-order valence-corrected chi connectivity index (χ1v) is 9.58. The first-order chi connectivity index (χ1) is 12.5. The molecule has 7 nitrogen and oxygen atoms in total. The fourth-order valence-electron chi connectivity index (χ4n) is 2.38. The number of H-pyrrole nitrogens is 1. The van der Waals surface area contributed by atoms with Crippen LogP contribution in [0.3, 0.4) is 0 Å². The second kappa shape index (κ2) is 7.67. The molecular formula is C18H20N4O3S. The van der Waals surface area contributed by atoms with Gasteiger partial charge < -0.3 is 4.74 Å². The van der Waals surface area contributed by atoms with Gasteiger partial charge in [-0.25, -0.2) is 18.1 Å². The highest BCUT2D eigenvalue weighted by Crippen LogP contribution is 2.19. The van der Waals surface area contributed by atoms with Gasteiger partial charge in [0.15, 0.2) is 5.82 Å². The van der Waals surface area contributed by atoms with Crippen molar-refractivity contribution in [2.45, 2.75) is 18.2 Å². The van der Waals surface area contributed by atoms with Gasteiger partial charge in [0.25, 0.3) is 0 Å². The number of methoxy groups -OCH3 is 1. The number of aromatic amines is 1. The normalized spacial score (nSPS) is 11.5. The maximum absolute atomic E-state index is 12.3. The molecule has 0 bridgehead atoms. The Morgan fingerprint density at radius 2 is 1.77 bits per heavy atom. The molecule has 2 N–H and O–H groups in total. The van der Waals surface area contributed by atoms with Gasteiger partial charge in [0.1, 0.15) is 11.6 Å². The van der Waals surface area contributed by atoms with E-state index in [4.69, 9.17) is 4.74 Å². The van der Waals surface area contributed by atoms with Crippen LogP contribution in [0.25, 0.3) is 11.4 Å². The molecule has 1 heterocycles. The quantitative estimate of drug-likeness (QED) is 0.663. The SMILES string of the molecule is COc1ccc(-c2n[nH]c(CCNS(=O)(=O)c3ccc(C)cc3)n2)cc1. The Kier molecular flexibility index (Phi) is 5.34. The van der Waals surface area contributed by atoms with Gasteiger partial charge in [0.05, 0.1) is 12.0 Å². The van der Waals surface area contributed by atoms with E-state index in [2.05, 4.69) is 19.9 Å². The molecular weight excluding hydrogens is 352 g/mol. The molecule has 0 aliphatic rings.